The third-order valence-corrected chi connectivity index (χ3v) is 6.14. The van der Waals surface area contributed by atoms with Crippen molar-refractivity contribution in [3.05, 3.63) is 36.5 Å². The summed E-state index contributed by atoms with van der Waals surface area (Å²) < 4.78 is 11.4. The topological polar surface area (TPSA) is 59.5 Å². The first-order valence-electron chi connectivity index (χ1n) is 11.0. The number of morpholine rings is 1. The number of hydrogen-bond donors (Lipinski definition) is 1. The highest BCUT2D eigenvalue weighted by atomic mass is 16.5. The van der Waals surface area contributed by atoms with Crippen LogP contribution in [0.4, 0.5) is 17.3 Å². The number of nitrogens with one attached hydrogen (secondary N) is 1. The number of nitrogens with zero attached hydrogens (tertiary/aromatic N) is 3. The highest BCUT2D eigenvalue weighted by molar-refractivity contribution is 5.59. The highest BCUT2D eigenvalue weighted by Crippen LogP contribution is 2.31. The van der Waals surface area contributed by atoms with Crippen molar-refractivity contribution < 1.29 is 9.47 Å². The number of anilines is 3. The second-order valence-corrected chi connectivity index (χ2v) is 8.10. The van der Waals surface area contributed by atoms with Crippen LogP contribution in [0.25, 0.3) is 0 Å². The summed E-state index contributed by atoms with van der Waals surface area (Å²) in [5.74, 6) is 2.77. The Morgan fingerprint density at radius 3 is 2.48 bits per heavy atom. The first-order chi connectivity index (χ1) is 14.3. The molecule has 1 saturated carbocycles. The lowest BCUT2D eigenvalue weighted by atomic mass is 9.81. The van der Waals surface area contributed by atoms with E-state index in [1.807, 2.05) is 6.07 Å². The van der Waals surface area contributed by atoms with Crippen molar-refractivity contribution in [3.8, 4) is 5.88 Å². The normalized spacial score (nSPS) is 22.3. The Morgan fingerprint density at radius 1 is 1.03 bits per heavy atom. The zero-order chi connectivity index (χ0) is 19.9. The van der Waals surface area contributed by atoms with Gasteiger partial charge in [-0.15, -0.1) is 0 Å². The first kappa shape index (κ1) is 20.0. The smallest absolute Gasteiger partial charge is 0.230 e. The summed E-state index contributed by atoms with van der Waals surface area (Å²) in [7, 11) is 0. The molecule has 0 radical (unpaired) electrons. The molecule has 6 heteroatoms. The van der Waals surface area contributed by atoms with Crippen LogP contribution in [0.1, 0.15) is 39.0 Å². The predicted molar refractivity (Wildman–Crippen MR) is 116 cm³/mol. The minimum absolute atomic E-state index is 0.566. The zero-order valence-corrected chi connectivity index (χ0v) is 17.3. The average Bonchev–Trinajstić information content (AvgIpc) is 2.79. The highest BCUT2D eigenvalue weighted by Gasteiger charge is 2.20. The van der Waals surface area contributed by atoms with Gasteiger partial charge in [0.2, 0.25) is 11.8 Å². The van der Waals surface area contributed by atoms with Gasteiger partial charge in [-0.3, -0.25) is 0 Å². The molecule has 2 fully saturated rings. The summed E-state index contributed by atoms with van der Waals surface area (Å²) in [5.41, 5.74) is 2.19. The maximum absolute atomic E-state index is 5.98. The fourth-order valence-electron chi connectivity index (χ4n) is 4.20. The van der Waals surface area contributed by atoms with Crippen LogP contribution < -0.4 is 15.0 Å². The Balaban J connectivity index is 1.29. The third kappa shape index (κ3) is 5.60. The van der Waals surface area contributed by atoms with E-state index in [2.05, 4.69) is 51.4 Å². The second kappa shape index (κ2) is 9.92. The molecule has 1 aliphatic carbocycles. The number of rotatable bonds is 7. The van der Waals surface area contributed by atoms with E-state index in [1.165, 1.54) is 37.8 Å². The lowest BCUT2D eigenvalue weighted by Gasteiger charge is -2.28. The zero-order valence-electron chi connectivity index (χ0n) is 17.3. The molecule has 0 amide bonds. The minimum atomic E-state index is 0.566. The van der Waals surface area contributed by atoms with Gasteiger partial charge < -0.3 is 19.7 Å². The van der Waals surface area contributed by atoms with Crippen molar-refractivity contribution in [1.29, 1.82) is 0 Å². The van der Waals surface area contributed by atoms with E-state index >= 15 is 0 Å². The van der Waals surface area contributed by atoms with Crippen molar-refractivity contribution >= 4 is 17.3 Å². The van der Waals surface area contributed by atoms with E-state index in [-0.39, 0.29) is 0 Å². The SMILES string of the molecule is CCC1CCC(COc2ccnc(Nc3ccc(N4CCOCC4)cc3)n2)CC1. The van der Waals surface area contributed by atoms with Crippen LogP contribution in [0.15, 0.2) is 36.5 Å². The van der Waals surface area contributed by atoms with Crippen molar-refractivity contribution in [3.63, 3.8) is 0 Å². The van der Waals surface area contributed by atoms with Gasteiger partial charge in [0, 0.05) is 36.7 Å². The van der Waals surface area contributed by atoms with Crippen molar-refractivity contribution in [2.75, 3.05) is 43.1 Å². The average molecular weight is 397 g/mol. The molecule has 0 unspecified atom stereocenters. The molecule has 1 aromatic carbocycles. The minimum Gasteiger partial charge on any atom is -0.477 e. The van der Waals surface area contributed by atoms with Crippen LogP contribution in [0.2, 0.25) is 0 Å². The molecule has 2 heterocycles. The third-order valence-electron chi connectivity index (χ3n) is 6.14. The first-order valence-corrected chi connectivity index (χ1v) is 11.0. The summed E-state index contributed by atoms with van der Waals surface area (Å²) in [5, 5.41) is 3.28. The monoisotopic (exact) mass is 396 g/mol. The molecule has 1 aromatic heterocycles. The lowest BCUT2D eigenvalue weighted by Crippen LogP contribution is -2.36. The van der Waals surface area contributed by atoms with E-state index in [9.17, 15) is 0 Å². The van der Waals surface area contributed by atoms with Gasteiger partial charge in [-0.25, -0.2) is 4.98 Å². The Morgan fingerprint density at radius 2 is 1.76 bits per heavy atom. The van der Waals surface area contributed by atoms with Crippen LogP contribution in [0, 0.1) is 11.8 Å². The summed E-state index contributed by atoms with van der Waals surface area (Å²) >= 11 is 0. The van der Waals surface area contributed by atoms with Crippen LogP contribution in [0.3, 0.4) is 0 Å². The molecule has 2 aromatic rings. The maximum Gasteiger partial charge on any atom is 0.230 e. The lowest BCUT2D eigenvalue weighted by molar-refractivity contribution is 0.122. The maximum atomic E-state index is 5.98. The van der Waals surface area contributed by atoms with Crippen LogP contribution in [-0.4, -0.2) is 42.9 Å². The van der Waals surface area contributed by atoms with Gasteiger partial charge in [-0.2, -0.15) is 4.98 Å². The molecular formula is C23H32N4O2. The number of benzene rings is 1. The molecule has 4 rings (SSSR count). The van der Waals surface area contributed by atoms with E-state index in [4.69, 9.17) is 9.47 Å². The number of aromatic nitrogens is 2. The molecule has 1 aliphatic heterocycles. The summed E-state index contributed by atoms with van der Waals surface area (Å²) in [4.78, 5) is 11.2. The van der Waals surface area contributed by atoms with Crippen molar-refractivity contribution in [2.24, 2.45) is 11.8 Å². The predicted octanol–water partition coefficient (Wildman–Crippen LogP) is 4.65. The van der Waals surface area contributed by atoms with Gasteiger partial charge in [0.05, 0.1) is 19.8 Å². The Bertz CT molecular complexity index is 754. The van der Waals surface area contributed by atoms with E-state index in [1.54, 1.807) is 6.20 Å². The van der Waals surface area contributed by atoms with Gasteiger partial charge in [-0.1, -0.05) is 26.2 Å². The van der Waals surface area contributed by atoms with E-state index < -0.39 is 0 Å². The molecule has 0 bridgehead atoms. The largest absolute Gasteiger partial charge is 0.477 e. The molecule has 0 atom stereocenters. The second-order valence-electron chi connectivity index (χ2n) is 8.10. The Kier molecular flexibility index (Phi) is 6.83. The van der Waals surface area contributed by atoms with Crippen LogP contribution in [-0.2, 0) is 4.74 Å². The summed E-state index contributed by atoms with van der Waals surface area (Å²) in [6.45, 7) is 6.51. The van der Waals surface area contributed by atoms with Crippen molar-refractivity contribution in [1.82, 2.24) is 9.97 Å². The van der Waals surface area contributed by atoms with Gasteiger partial charge in [0.1, 0.15) is 0 Å². The molecule has 6 nitrogen and oxygen atoms in total. The fraction of sp³-hybridized carbons (Fsp3) is 0.565. The van der Waals surface area contributed by atoms with Crippen molar-refractivity contribution in [2.45, 2.75) is 39.0 Å². The van der Waals surface area contributed by atoms with Gasteiger partial charge in [0.15, 0.2) is 0 Å². The summed E-state index contributed by atoms with van der Waals surface area (Å²) in [6.07, 6.45) is 8.26. The number of hydrogen-bond acceptors (Lipinski definition) is 6. The molecule has 1 saturated heterocycles. The van der Waals surface area contributed by atoms with E-state index in [0.29, 0.717) is 17.7 Å². The summed E-state index contributed by atoms with van der Waals surface area (Å²) in [6, 6.07) is 10.2. The van der Waals surface area contributed by atoms with E-state index in [0.717, 1.165) is 44.5 Å². The molecule has 0 spiro atoms. The van der Waals surface area contributed by atoms with Gasteiger partial charge in [0.25, 0.3) is 0 Å². The Labute approximate surface area is 173 Å². The van der Waals surface area contributed by atoms with Gasteiger partial charge >= 0.3 is 0 Å². The fourth-order valence-corrected chi connectivity index (χ4v) is 4.20. The standard InChI is InChI=1S/C23H32N4O2/c1-2-18-3-5-19(6-4-18)17-29-22-11-12-24-23(26-22)25-20-7-9-21(10-8-20)27-13-15-28-16-14-27/h7-12,18-19H,2-6,13-17H2,1H3,(H,24,25,26). The molecule has 29 heavy (non-hydrogen) atoms. The van der Waals surface area contributed by atoms with Crippen LogP contribution in [0.5, 0.6) is 5.88 Å². The molecule has 2 aliphatic rings. The van der Waals surface area contributed by atoms with Crippen LogP contribution >= 0.6 is 0 Å². The molecular weight excluding hydrogens is 364 g/mol. The molecule has 1 N–H and O–H groups in total. The molecule has 156 valence electrons. The Hall–Kier alpha value is -2.34. The quantitative estimate of drug-likeness (QED) is 0.735. The van der Waals surface area contributed by atoms with Gasteiger partial charge in [-0.05, 0) is 48.9 Å². The number of ether oxygens (including phenoxy) is 2.